The summed E-state index contributed by atoms with van der Waals surface area (Å²) in [7, 11) is 1.64. The number of hydrogen-bond donors (Lipinski definition) is 1. The molecule has 1 fully saturated rings. The van der Waals surface area contributed by atoms with Gasteiger partial charge in [-0.1, -0.05) is 18.2 Å². The van der Waals surface area contributed by atoms with Crippen LogP contribution in [0.5, 0.6) is 5.75 Å². The summed E-state index contributed by atoms with van der Waals surface area (Å²) in [5, 5.41) is 12.7. The zero-order valence-electron chi connectivity index (χ0n) is 10.4. The van der Waals surface area contributed by atoms with Crippen molar-refractivity contribution in [3.63, 3.8) is 0 Å². The van der Waals surface area contributed by atoms with Crippen LogP contribution < -0.4 is 10.1 Å². The monoisotopic (exact) mass is 240 g/mol. The number of nitrogens with one attached hydrogen (secondary N) is 1. The van der Waals surface area contributed by atoms with E-state index in [0.29, 0.717) is 17.5 Å². The Morgan fingerprint density at radius 1 is 1.44 bits per heavy atom. The van der Waals surface area contributed by atoms with Gasteiger partial charge < -0.3 is 10.1 Å². The molecule has 0 bridgehead atoms. The Morgan fingerprint density at radius 2 is 2.33 bits per heavy atom. The molecule has 3 rings (SSSR count). The molecule has 18 heavy (non-hydrogen) atoms. The first-order valence-corrected chi connectivity index (χ1v) is 6.33. The predicted molar refractivity (Wildman–Crippen MR) is 70.5 cm³/mol. The van der Waals surface area contributed by atoms with E-state index < -0.39 is 0 Å². The molecule has 0 saturated heterocycles. The van der Waals surface area contributed by atoms with Crippen LogP contribution in [0.25, 0.3) is 0 Å². The van der Waals surface area contributed by atoms with Crippen LogP contribution in [0.1, 0.15) is 18.4 Å². The fourth-order valence-electron chi connectivity index (χ4n) is 3.01. The Bertz CT molecular complexity index is 530. The summed E-state index contributed by atoms with van der Waals surface area (Å²) < 4.78 is 5.34. The summed E-state index contributed by atoms with van der Waals surface area (Å²) in [4.78, 5) is 0. The third-order valence-electron chi connectivity index (χ3n) is 4.06. The van der Waals surface area contributed by atoms with E-state index in [2.05, 4.69) is 23.5 Å². The minimum atomic E-state index is 0.442. The van der Waals surface area contributed by atoms with Gasteiger partial charge in [-0.15, -0.1) is 0 Å². The molecule has 0 aliphatic heterocycles. The lowest BCUT2D eigenvalue weighted by Gasteiger charge is -2.41. The lowest BCUT2D eigenvalue weighted by Crippen LogP contribution is -2.43. The first kappa shape index (κ1) is 11.2. The van der Waals surface area contributed by atoms with Crippen molar-refractivity contribution in [3.8, 4) is 11.8 Å². The van der Waals surface area contributed by atoms with Gasteiger partial charge in [0.1, 0.15) is 11.8 Å². The van der Waals surface area contributed by atoms with E-state index in [1.54, 1.807) is 7.11 Å². The summed E-state index contributed by atoms with van der Waals surface area (Å²) in [6.07, 6.45) is 6.96. The molecule has 92 valence electrons. The molecule has 1 saturated carbocycles. The van der Waals surface area contributed by atoms with E-state index in [-0.39, 0.29) is 0 Å². The molecule has 0 amide bonds. The second-order valence-corrected chi connectivity index (χ2v) is 4.98. The zero-order chi connectivity index (χ0) is 12.5. The average molecular weight is 240 g/mol. The molecule has 3 nitrogen and oxygen atoms in total. The molecule has 0 heterocycles. The molecule has 1 N–H and O–H groups in total. The number of fused-ring (bicyclic) bond motifs is 1. The SMILES string of the molecule is COc1cccc(C#N)c1NC1CC2CC=CC21. The van der Waals surface area contributed by atoms with Gasteiger partial charge in [0, 0.05) is 12.0 Å². The quantitative estimate of drug-likeness (QED) is 0.826. The van der Waals surface area contributed by atoms with Gasteiger partial charge in [0.05, 0.1) is 18.4 Å². The molecular formula is C15H16N2O. The number of ether oxygens (including phenoxy) is 1. The van der Waals surface area contributed by atoms with Crippen LogP contribution in [0, 0.1) is 23.2 Å². The van der Waals surface area contributed by atoms with Crippen LogP contribution in [0.4, 0.5) is 5.69 Å². The Labute approximate surface area is 107 Å². The molecule has 2 aliphatic carbocycles. The third kappa shape index (κ3) is 1.65. The topological polar surface area (TPSA) is 45.0 Å². The van der Waals surface area contributed by atoms with E-state index in [1.807, 2.05) is 18.2 Å². The van der Waals surface area contributed by atoms with Crippen LogP contribution >= 0.6 is 0 Å². The lowest BCUT2D eigenvalue weighted by molar-refractivity contribution is 0.217. The lowest BCUT2D eigenvalue weighted by atomic mass is 9.71. The molecule has 3 atom stereocenters. The van der Waals surface area contributed by atoms with Gasteiger partial charge in [0.25, 0.3) is 0 Å². The van der Waals surface area contributed by atoms with Gasteiger partial charge in [0.15, 0.2) is 0 Å². The largest absolute Gasteiger partial charge is 0.495 e. The number of nitriles is 1. The molecule has 3 unspecified atom stereocenters. The predicted octanol–water partition coefficient (Wildman–Crippen LogP) is 2.94. The molecule has 0 radical (unpaired) electrons. The summed E-state index contributed by atoms with van der Waals surface area (Å²) >= 11 is 0. The fraction of sp³-hybridized carbons (Fsp3) is 0.400. The van der Waals surface area contributed by atoms with E-state index in [0.717, 1.165) is 17.4 Å². The van der Waals surface area contributed by atoms with Crippen molar-refractivity contribution in [2.24, 2.45) is 11.8 Å². The van der Waals surface area contributed by atoms with E-state index >= 15 is 0 Å². The normalized spacial score (nSPS) is 28.1. The summed E-state index contributed by atoms with van der Waals surface area (Å²) in [6.45, 7) is 0. The van der Waals surface area contributed by atoms with Gasteiger partial charge in [0.2, 0.25) is 0 Å². The number of methoxy groups -OCH3 is 1. The molecule has 0 spiro atoms. The van der Waals surface area contributed by atoms with Crippen LogP contribution in [-0.4, -0.2) is 13.2 Å². The second-order valence-electron chi connectivity index (χ2n) is 4.98. The van der Waals surface area contributed by atoms with Crippen LogP contribution in [0.15, 0.2) is 30.4 Å². The highest BCUT2D eigenvalue weighted by atomic mass is 16.5. The van der Waals surface area contributed by atoms with Crippen molar-refractivity contribution >= 4 is 5.69 Å². The summed E-state index contributed by atoms with van der Waals surface area (Å²) in [5.41, 5.74) is 1.49. The highest BCUT2D eigenvalue weighted by Crippen LogP contribution is 2.45. The van der Waals surface area contributed by atoms with E-state index in [9.17, 15) is 0 Å². The molecule has 2 aliphatic rings. The number of allylic oxidation sites excluding steroid dienone is 1. The van der Waals surface area contributed by atoms with Crippen molar-refractivity contribution < 1.29 is 4.74 Å². The first-order chi connectivity index (χ1) is 8.83. The molecule has 1 aromatic rings. The maximum atomic E-state index is 9.17. The molecule has 0 aromatic heterocycles. The van der Waals surface area contributed by atoms with Crippen molar-refractivity contribution in [2.75, 3.05) is 12.4 Å². The highest BCUT2D eigenvalue weighted by molar-refractivity contribution is 5.67. The number of hydrogen-bond acceptors (Lipinski definition) is 3. The van der Waals surface area contributed by atoms with Crippen LogP contribution in [0.3, 0.4) is 0 Å². The average Bonchev–Trinajstić information content (AvgIpc) is 2.77. The first-order valence-electron chi connectivity index (χ1n) is 6.33. The minimum absolute atomic E-state index is 0.442. The number of nitrogens with zero attached hydrogens (tertiary/aromatic N) is 1. The highest BCUT2D eigenvalue weighted by Gasteiger charge is 2.41. The van der Waals surface area contributed by atoms with Crippen LogP contribution in [-0.2, 0) is 0 Å². The zero-order valence-corrected chi connectivity index (χ0v) is 10.4. The van der Waals surface area contributed by atoms with Crippen molar-refractivity contribution in [2.45, 2.75) is 18.9 Å². The van der Waals surface area contributed by atoms with Crippen LogP contribution in [0.2, 0.25) is 0 Å². The summed E-state index contributed by atoms with van der Waals surface area (Å²) in [6, 6.07) is 8.23. The maximum absolute atomic E-state index is 9.17. The van der Waals surface area contributed by atoms with Gasteiger partial charge in [-0.25, -0.2) is 0 Å². The number of anilines is 1. The van der Waals surface area contributed by atoms with Crippen molar-refractivity contribution in [1.29, 1.82) is 5.26 Å². The second kappa shape index (κ2) is 4.38. The Kier molecular flexibility index (Phi) is 2.71. The Morgan fingerprint density at radius 3 is 3.06 bits per heavy atom. The number of para-hydroxylation sites is 1. The maximum Gasteiger partial charge on any atom is 0.143 e. The van der Waals surface area contributed by atoms with Gasteiger partial charge in [-0.2, -0.15) is 5.26 Å². The number of rotatable bonds is 3. The fourth-order valence-corrected chi connectivity index (χ4v) is 3.01. The molecule has 3 heteroatoms. The Hall–Kier alpha value is -1.95. The van der Waals surface area contributed by atoms with E-state index in [4.69, 9.17) is 10.00 Å². The van der Waals surface area contributed by atoms with Crippen molar-refractivity contribution in [1.82, 2.24) is 0 Å². The summed E-state index contributed by atoms with van der Waals surface area (Å²) in [5.74, 6) is 2.18. The molecular weight excluding hydrogens is 224 g/mol. The smallest absolute Gasteiger partial charge is 0.143 e. The number of benzene rings is 1. The minimum Gasteiger partial charge on any atom is -0.495 e. The van der Waals surface area contributed by atoms with Gasteiger partial charge in [-0.3, -0.25) is 0 Å². The molecule has 1 aromatic carbocycles. The van der Waals surface area contributed by atoms with Gasteiger partial charge >= 0.3 is 0 Å². The standard InChI is InChI=1S/C15H16N2O/c1-18-14-7-3-5-11(9-16)15(14)17-13-8-10-4-2-6-12(10)13/h2-3,5-7,10,12-13,17H,4,8H2,1H3. The Balaban J connectivity index is 1.84. The van der Waals surface area contributed by atoms with Gasteiger partial charge in [-0.05, 0) is 30.9 Å². The third-order valence-corrected chi connectivity index (χ3v) is 4.06. The van der Waals surface area contributed by atoms with Crippen molar-refractivity contribution in [3.05, 3.63) is 35.9 Å². The van der Waals surface area contributed by atoms with E-state index in [1.165, 1.54) is 12.8 Å².